The number of benzene rings is 1. The maximum absolute atomic E-state index is 13.8. The zero-order valence-electron chi connectivity index (χ0n) is 11.3. The average Bonchev–Trinajstić information content (AvgIpc) is 2.46. The first kappa shape index (κ1) is 13.9. The van der Waals surface area contributed by atoms with Crippen LogP contribution in [0.2, 0.25) is 0 Å². The Morgan fingerprint density at radius 1 is 1.30 bits per heavy atom. The molecule has 2 aromatic rings. The van der Waals surface area contributed by atoms with Crippen LogP contribution in [0.5, 0.6) is 0 Å². The monoisotopic (exact) mass is 273 g/mol. The minimum Gasteiger partial charge on any atom is -0.382 e. The van der Waals surface area contributed by atoms with Crippen molar-refractivity contribution in [1.29, 1.82) is 5.41 Å². The Bertz CT molecular complexity index is 628. The lowest BCUT2D eigenvalue weighted by Gasteiger charge is -2.27. The number of hydrogen-bond donors (Lipinski definition) is 2. The molecule has 20 heavy (non-hydrogen) atoms. The van der Waals surface area contributed by atoms with Crippen LogP contribution in [0.3, 0.4) is 0 Å². The summed E-state index contributed by atoms with van der Waals surface area (Å²) in [5, 5.41) is 7.53. The van der Waals surface area contributed by atoms with E-state index < -0.39 is 0 Å². The second kappa shape index (κ2) is 5.64. The number of aromatic nitrogens is 2. The fourth-order valence-corrected chi connectivity index (χ4v) is 1.98. The van der Waals surface area contributed by atoms with E-state index in [1.165, 1.54) is 18.5 Å². The van der Waals surface area contributed by atoms with Crippen LogP contribution in [-0.2, 0) is 0 Å². The zero-order chi connectivity index (χ0) is 14.7. The van der Waals surface area contributed by atoms with Gasteiger partial charge in [-0.1, -0.05) is 18.2 Å². The third kappa shape index (κ3) is 2.59. The van der Waals surface area contributed by atoms with E-state index in [1.54, 1.807) is 30.1 Å². The SMILES string of the molecule is CC(c1ccccc1F)N(C)c1nccnc1C(=N)N. The standard InChI is InChI=1S/C14H16FN5/c1-9(10-5-3-4-6-11(10)15)20(2)14-12(13(16)17)18-7-8-19-14/h3-9H,1-2H3,(H3,16,17). The Kier molecular flexibility index (Phi) is 3.93. The third-order valence-electron chi connectivity index (χ3n) is 3.20. The summed E-state index contributed by atoms with van der Waals surface area (Å²) in [7, 11) is 1.77. The summed E-state index contributed by atoms with van der Waals surface area (Å²) in [4.78, 5) is 10.00. The van der Waals surface area contributed by atoms with Gasteiger partial charge in [-0.15, -0.1) is 0 Å². The van der Waals surface area contributed by atoms with Gasteiger partial charge in [-0.25, -0.2) is 14.4 Å². The normalized spacial score (nSPS) is 11.9. The van der Waals surface area contributed by atoms with E-state index in [2.05, 4.69) is 9.97 Å². The molecule has 0 spiro atoms. The van der Waals surface area contributed by atoms with Crippen molar-refractivity contribution in [3.63, 3.8) is 0 Å². The lowest BCUT2D eigenvalue weighted by Crippen LogP contribution is -2.27. The number of nitrogens with two attached hydrogens (primary N) is 1. The van der Waals surface area contributed by atoms with Crippen molar-refractivity contribution in [3.05, 3.63) is 53.7 Å². The van der Waals surface area contributed by atoms with Gasteiger partial charge in [0.15, 0.2) is 5.82 Å². The summed E-state index contributed by atoms with van der Waals surface area (Å²) in [6, 6.07) is 6.31. The zero-order valence-corrected chi connectivity index (χ0v) is 11.3. The summed E-state index contributed by atoms with van der Waals surface area (Å²) >= 11 is 0. The molecule has 1 unspecified atom stereocenters. The van der Waals surface area contributed by atoms with Crippen LogP contribution in [0.15, 0.2) is 36.7 Å². The van der Waals surface area contributed by atoms with Crippen LogP contribution in [0.25, 0.3) is 0 Å². The Morgan fingerprint density at radius 3 is 2.60 bits per heavy atom. The molecule has 2 rings (SSSR count). The molecule has 1 atom stereocenters. The number of amidine groups is 1. The number of nitrogen functional groups attached to an aromatic ring is 1. The van der Waals surface area contributed by atoms with E-state index in [0.29, 0.717) is 11.4 Å². The molecule has 5 nitrogen and oxygen atoms in total. The first-order valence-electron chi connectivity index (χ1n) is 6.15. The molecule has 0 fully saturated rings. The van der Waals surface area contributed by atoms with Crippen molar-refractivity contribution < 1.29 is 4.39 Å². The summed E-state index contributed by atoms with van der Waals surface area (Å²) < 4.78 is 13.8. The van der Waals surface area contributed by atoms with E-state index in [1.807, 2.05) is 6.92 Å². The van der Waals surface area contributed by atoms with Gasteiger partial charge in [-0.3, -0.25) is 5.41 Å². The number of nitrogens with zero attached hydrogens (tertiary/aromatic N) is 3. The molecule has 0 radical (unpaired) electrons. The van der Waals surface area contributed by atoms with Gasteiger partial charge in [-0.2, -0.15) is 0 Å². The summed E-state index contributed by atoms with van der Waals surface area (Å²) in [5.41, 5.74) is 6.34. The molecule has 6 heteroatoms. The molecule has 0 aliphatic carbocycles. The molecule has 0 saturated heterocycles. The highest BCUT2D eigenvalue weighted by Crippen LogP contribution is 2.26. The minimum absolute atomic E-state index is 0.166. The quantitative estimate of drug-likeness (QED) is 0.660. The fourth-order valence-electron chi connectivity index (χ4n) is 1.98. The van der Waals surface area contributed by atoms with E-state index in [9.17, 15) is 4.39 Å². The van der Waals surface area contributed by atoms with Crippen LogP contribution in [0.1, 0.15) is 24.2 Å². The van der Waals surface area contributed by atoms with E-state index in [0.717, 1.165) is 0 Å². The largest absolute Gasteiger partial charge is 0.382 e. The van der Waals surface area contributed by atoms with Crippen molar-refractivity contribution in [2.75, 3.05) is 11.9 Å². The lowest BCUT2D eigenvalue weighted by molar-refractivity contribution is 0.584. The maximum atomic E-state index is 13.8. The molecular weight excluding hydrogens is 257 g/mol. The average molecular weight is 273 g/mol. The molecule has 0 saturated carbocycles. The van der Waals surface area contributed by atoms with Gasteiger partial charge in [0.05, 0.1) is 6.04 Å². The van der Waals surface area contributed by atoms with Crippen LogP contribution in [-0.4, -0.2) is 22.9 Å². The lowest BCUT2D eigenvalue weighted by atomic mass is 10.1. The second-order valence-electron chi connectivity index (χ2n) is 4.45. The van der Waals surface area contributed by atoms with E-state index in [-0.39, 0.29) is 23.4 Å². The maximum Gasteiger partial charge on any atom is 0.158 e. The van der Waals surface area contributed by atoms with Gasteiger partial charge < -0.3 is 10.6 Å². The van der Waals surface area contributed by atoms with Crippen LogP contribution in [0, 0.1) is 11.2 Å². The number of halogens is 1. The van der Waals surface area contributed by atoms with Gasteiger partial charge in [0, 0.05) is 25.0 Å². The summed E-state index contributed by atoms with van der Waals surface area (Å²) in [6.07, 6.45) is 2.99. The van der Waals surface area contributed by atoms with Gasteiger partial charge in [0.25, 0.3) is 0 Å². The fraction of sp³-hybridized carbons (Fsp3) is 0.214. The van der Waals surface area contributed by atoms with E-state index in [4.69, 9.17) is 11.1 Å². The predicted molar refractivity (Wildman–Crippen MR) is 76.3 cm³/mol. The number of hydrogen-bond acceptors (Lipinski definition) is 4. The van der Waals surface area contributed by atoms with Crippen LogP contribution >= 0.6 is 0 Å². The molecule has 1 heterocycles. The molecule has 0 aliphatic rings. The van der Waals surface area contributed by atoms with Gasteiger partial charge in [0.1, 0.15) is 17.3 Å². The summed E-state index contributed by atoms with van der Waals surface area (Å²) in [6.45, 7) is 1.86. The number of anilines is 1. The molecular formula is C14H16FN5. The van der Waals surface area contributed by atoms with Crippen molar-refractivity contribution in [2.45, 2.75) is 13.0 Å². The van der Waals surface area contributed by atoms with Gasteiger partial charge in [0.2, 0.25) is 0 Å². The highest BCUT2D eigenvalue weighted by atomic mass is 19.1. The molecule has 3 N–H and O–H groups in total. The minimum atomic E-state index is -0.278. The molecule has 1 aromatic carbocycles. The Hall–Kier alpha value is -2.50. The van der Waals surface area contributed by atoms with Crippen molar-refractivity contribution >= 4 is 11.7 Å². The Labute approximate surface area is 116 Å². The van der Waals surface area contributed by atoms with E-state index >= 15 is 0 Å². The van der Waals surface area contributed by atoms with Crippen molar-refractivity contribution in [1.82, 2.24) is 9.97 Å². The smallest absolute Gasteiger partial charge is 0.158 e. The second-order valence-corrected chi connectivity index (χ2v) is 4.45. The molecule has 0 aliphatic heterocycles. The number of rotatable bonds is 4. The number of nitrogens with one attached hydrogen (secondary N) is 1. The molecule has 104 valence electrons. The molecule has 1 aromatic heterocycles. The predicted octanol–water partition coefficient (Wildman–Crippen LogP) is 2.10. The van der Waals surface area contributed by atoms with Crippen LogP contribution < -0.4 is 10.6 Å². The Morgan fingerprint density at radius 2 is 1.95 bits per heavy atom. The van der Waals surface area contributed by atoms with Crippen molar-refractivity contribution in [3.8, 4) is 0 Å². The first-order valence-corrected chi connectivity index (χ1v) is 6.15. The topological polar surface area (TPSA) is 78.9 Å². The van der Waals surface area contributed by atoms with Crippen molar-refractivity contribution in [2.24, 2.45) is 5.73 Å². The molecule has 0 amide bonds. The highest BCUT2D eigenvalue weighted by Gasteiger charge is 2.20. The Balaban J connectivity index is 2.39. The van der Waals surface area contributed by atoms with Crippen LogP contribution in [0.4, 0.5) is 10.2 Å². The molecule has 0 bridgehead atoms. The first-order chi connectivity index (χ1) is 9.52. The third-order valence-corrected chi connectivity index (χ3v) is 3.20. The van der Waals surface area contributed by atoms with Gasteiger partial charge >= 0.3 is 0 Å². The van der Waals surface area contributed by atoms with Gasteiger partial charge in [-0.05, 0) is 13.0 Å². The highest BCUT2D eigenvalue weighted by molar-refractivity contribution is 5.97. The summed E-state index contributed by atoms with van der Waals surface area (Å²) in [5.74, 6) is 0.0107.